The molecule has 1 aromatic rings. The van der Waals surface area contributed by atoms with Crippen LogP contribution in [0.3, 0.4) is 0 Å². The molecule has 1 aromatic carbocycles. The van der Waals surface area contributed by atoms with Crippen molar-refractivity contribution in [2.45, 2.75) is 6.54 Å². The fourth-order valence-electron chi connectivity index (χ4n) is 1.73. The summed E-state index contributed by atoms with van der Waals surface area (Å²) < 4.78 is 24.7. The molecule has 0 unspecified atom stereocenters. The number of nitrogens with zero attached hydrogens (tertiary/aromatic N) is 1. The van der Waals surface area contributed by atoms with Crippen molar-refractivity contribution in [2.24, 2.45) is 0 Å². The quantitative estimate of drug-likeness (QED) is 0.834. The minimum Gasteiger partial charge on any atom is -0.297 e. The van der Waals surface area contributed by atoms with Gasteiger partial charge in [0.15, 0.2) is 0 Å². The number of hydrogen-bond acceptors (Lipinski definition) is 2. The van der Waals surface area contributed by atoms with Gasteiger partial charge in [0.25, 0.3) is 0 Å². The molecule has 0 saturated carbocycles. The Morgan fingerprint density at radius 1 is 1.38 bits per heavy atom. The summed E-state index contributed by atoms with van der Waals surface area (Å²) in [4.78, 5) is 2.25. The fraction of sp³-hybridized carbons (Fsp3) is 0.455. The molecule has 0 bridgehead atoms. The van der Waals surface area contributed by atoms with Gasteiger partial charge >= 0.3 is 0 Å². The van der Waals surface area contributed by atoms with E-state index in [0.29, 0.717) is 4.47 Å². The lowest BCUT2D eigenvalue weighted by Crippen LogP contribution is -2.37. The van der Waals surface area contributed by atoms with E-state index >= 15 is 0 Å². The Kier molecular flexibility index (Phi) is 4.10. The molecule has 0 atom stereocenters. The molecule has 0 aromatic heterocycles. The van der Waals surface area contributed by atoms with Crippen molar-refractivity contribution in [1.29, 1.82) is 0 Å². The zero-order chi connectivity index (χ0) is 11.5. The van der Waals surface area contributed by atoms with Gasteiger partial charge in [-0.05, 0) is 33.6 Å². The molecule has 1 fully saturated rings. The Labute approximate surface area is 105 Å². The molecule has 2 nitrogen and oxygen atoms in total. The highest BCUT2D eigenvalue weighted by atomic mass is 79.9. The molecule has 2 rings (SSSR count). The molecule has 1 heterocycles. The van der Waals surface area contributed by atoms with Crippen molar-refractivity contribution in [3.63, 3.8) is 0 Å². The second-order valence-corrected chi connectivity index (χ2v) is 6.42. The minimum absolute atomic E-state index is 0.233. The Morgan fingerprint density at radius 2 is 2.06 bits per heavy atom. The van der Waals surface area contributed by atoms with Crippen molar-refractivity contribution < 1.29 is 8.60 Å². The van der Waals surface area contributed by atoms with E-state index in [0.717, 1.165) is 36.7 Å². The van der Waals surface area contributed by atoms with Gasteiger partial charge in [-0.3, -0.25) is 9.11 Å². The van der Waals surface area contributed by atoms with Crippen LogP contribution in [0.4, 0.5) is 4.39 Å². The summed E-state index contributed by atoms with van der Waals surface area (Å²) in [7, 11) is -0.638. The highest BCUT2D eigenvalue weighted by molar-refractivity contribution is 9.10. The van der Waals surface area contributed by atoms with Gasteiger partial charge in [-0.15, -0.1) is 0 Å². The first-order chi connectivity index (χ1) is 7.65. The Bertz CT molecular complexity index is 403. The number of halogens is 2. The topological polar surface area (TPSA) is 20.3 Å². The van der Waals surface area contributed by atoms with Crippen LogP contribution in [0.5, 0.6) is 0 Å². The highest BCUT2D eigenvalue weighted by Gasteiger charge is 2.15. The minimum atomic E-state index is -0.638. The molecular formula is C11H13BrFNOS. The van der Waals surface area contributed by atoms with E-state index in [1.807, 2.05) is 0 Å². The molecule has 16 heavy (non-hydrogen) atoms. The second-order valence-electron chi connectivity index (χ2n) is 3.87. The molecule has 0 radical (unpaired) electrons. The predicted octanol–water partition coefficient (Wildman–Crippen LogP) is 2.15. The summed E-state index contributed by atoms with van der Waals surface area (Å²) in [5, 5.41) is 0. The zero-order valence-corrected chi connectivity index (χ0v) is 11.2. The Morgan fingerprint density at radius 3 is 2.69 bits per heavy atom. The van der Waals surface area contributed by atoms with Crippen molar-refractivity contribution >= 4 is 26.7 Å². The Hall–Kier alpha value is -0.260. The van der Waals surface area contributed by atoms with Crippen LogP contribution in [-0.4, -0.2) is 33.7 Å². The first-order valence-corrected chi connectivity index (χ1v) is 7.44. The average molecular weight is 306 g/mol. The van der Waals surface area contributed by atoms with Gasteiger partial charge in [-0.25, -0.2) is 4.39 Å². The molecule has 0 aliphatic carbocycles. The van der Waals surface area contributed by atoms with Gasteiger partial charge in [-0.1, -0.05) is 6.07 Å². The maximum Gasteiger partial charge on any atom is 0.137 e. The van der Waals surface area contributed by atoms with Gasteiger partial charge in [-0.2, -0.15) is 0 Å². The third kappa shape index (κ3) is 3.12. The molecule has 1 aliphatic heterocycles. The summed E-state index contributed by atoms with van der Waals surface area (Å²) >= 11 is 3.18. The van der Waals surface area contributed by atoms with E-state index in [9.17, 15) is 8.60 Å². The third-order valence-corrected chi connectivity index (χ3v) is 4.54. The maximum absolute atomic E-state index is 13.0. The smallest absolute Gasteiger partial charge is 0.137 e. The maximum atomic E-state index is 13.0. The average Bonchev–Trinajstić information content (AvgIpc) is 2.27. The van der Waals surface area contributed by atoms with Crippen LogP contribution in [0.15, 0.2) is 22.7 Å². The third-order valence-electron chi connectivity index (χ3n) is 2.66. The van der Waals surface area contributed by atoms with Gasteiger partial charge in [0.05, 0.1) is 4.47 Å². The lowest BCUT2D eigenvalue weighted by atomic mass is 10.2. The van der Waals surface area contributed by atoms with Crippen LogP contribution in [0.25, 0.3) is 0 Å². The number of rotatable bonds is 2. The summed E-state index contributed by atoms with van der Waals surface area (Å²) in [6.07, 6.45) is 0. The molecule has 88 valence electrons. The highest BCUT2D eigenvalue weighted by Crippen LogP contribution is 2.18. The monoisotopic (exact) mass is 305 g/mol. The molecule has 0 amide bonds. The predicted molar refractivity (Wildman–Crippen MR) is 67.3 cm³/mol. The van der Waals surface area contributed by atoms with E-state index in [2.05, 4.69) is 20.8 Å². The van der Waals surface area contributed by atoms with E-state index in [1.54, 1.807) is 12.1 Å². The lowest BCUT2D eigenvalue weighted by molar-refractivity contribution is 0.291. The lowest BCUT2D eigenvalue weighted by Gasteiger charge is -2.26. The van der Waals surface area contributed by atoms with Gasteiger partial charge in [0, 0.05) is 41.9 Å². The largest absolute Gasteiger partial charge is 0.297 e. The van der Waals surface area contributed by atoms with Crippen molar-refractivity contribution in [2.75, 3.05) is 24.6 Å². The first-order valence-electron chi connectivity index (χ1n) is 5.16. The van der Waals surface area contributed by atoms with E-state index < -0.39 is 10.8 Å². The number of hydrogen-bond donors (Lipinski definition) is 0. The summed E-state index contributed by atoms with van der Waals surface area (Å²) in [6.45, 7) is 2.53. The molecular weight excluding hydrogens is 293 g/mol. The summed E-state index contributed by atoms with van der Waals surface area (Å²) in [5.41, 5.74) is 1.08. The van der Waals surface area contributed by atoms with Crippen molar-refractivity contribution in [3.05, 3.63) is 34.1 Å². The van der Waals surface area contributed by atoms with Crippen LogP contribution >= 0.6 is 15.9 Å². The molecule has 0 spiro atoms. The van der Waals surface area contributed by atoms with Crippen LogP contribution < -0.4 is 0 Å². The van der Waals surface area contributed by atoms with Crippen molar-refractivity contribution in [3.8, 4) is 0 Å². The molecule has 1 saturated heterocycles. The molecule has 1 aliphatic rings. The van der Waals surface area contributed by atoms with Gasteiger partial charge < -0.3 is 0 Å². The second kappa shape index (κ2) is 5.38. The fourth-order valence-corrected chi connectivity index (χ4v) is 3.28. The normalized spacial score (nSPS) is 18.9. The van der Waals surface area contributed by atoms with Gasteiger partial charge in [0.2, 0.25) is 0 Å². The van der Waals surface area contributed by atoms with E-state index in [-0.39, 0.29) is 5.82 Å². The Balaban J connectivity index is 1.98. The SMILES string of the molecule is O=S1CCN(Cc2ccc(F)c(Br)c2)CC1. The van der Waals surface area contributed by atoms with Crippen LogP contribution in [0.2, 0.25) is 0 Å². The summed E-state index contributed by atoms with van der Waals surface area (Å²) in [6, 6.07) is 5.08. The first kappa shape index (κ1) is 12.2. The standard InChI is InChI=1S/C11H13BrFNOS/c12-10-7-9(1-2-11(10)13)8-14-3-5-16(15)6-4-14/h1-2,7H,3-6,8H2. The van der Waals surface area contributed by atoms with Crippen LogP contribution in [-0.2, 0) is 17.3 Å². The van der Waals surface area contributed by atoms with Crippen LogP contribution in [0, 0.1) is 5.82 Å². The molecule has 0 N–H and O–H groups in total. The van der Waals surface area contributed by atoms with Crippen molar-refractivity contribution in [1.82, 2.24) is 4.90 Å². The zero-order valence-electron chi connectivity index (χ0n) is 8.79. The van der Waals surface area contributed by atoms with E-state index in [1.165, 1.54) is 6.07 Å². The molecule has 5 heteroatoms. The van der Waals surface area contributed by atoms with Crippen LogP contribution in [0.1, 0.15) is 5.56 Å². The van der Waals surface area contributed by atoms with E-state index in [4.69, 9.17) is 0 Å². The number of benzene rings is 1. The van der Waals surface area contributed by atoms with Gasteiger partial charge in [0.1, 0.15) is 5.82 Å². The summed E-state index contributed by atoms with van der Waals surface area (Å²) in [5.74, 6) is 1.27.